The SMILES string of the molecule is Cc1c(C)[n+](C)c2c(OC3CCc4ccccc43)cccn12. The Hall–Kier alpha value is -2.29. The number of aromatic nitrogens is 2. The van der Waals surface area contributed by atoms with Gasteiger partial charge in [0.25, 0.3) is 0 Å². The standard InChI is InChI=1S/C19H21N2O/c1-13-14(2)21-12-6-9-18(19(21)20(13)3)22-17-11-10-15-7-4-5-8-16(15)17/h4-9,12,17H,10-11H2,1-3H3/q+1. The number of hydrogen-bond acceptors (Lipinski definition) is 1. The lowest BCUT2D eigenvalue weighted by Crippen LogP contribution is -2.30. The van der Waals surface area contributed by atoms with Crippen LogP contribution in [0, 0.1) is 13.8 Å². The topological polar surface area (TPSA) is 17.5 Å². The maximum atomic E-state index is 6.42. The number of imidazole rings is 1. The Morgan fingerprint density at radius 2 is 1.95 bits per heavy atom. The highest BCUT2D eigenvalue weighted by atomic mass is 16.5. The number of aryl methyl sites for hydroxylation is 3. The summed E-state index contributed by atoms with van der Waals surface area (Å²) in [5.41, 5.74) is 6.42. The van der Waals surface area contributed by atoms with Crippen LogP contribution in [-0.2, 0) is 13.5 Å². The average Bonchev–Trinajstić information content (AvgIpc) is 3.04. The minimum absolute atomic E-state index is 0.165. The van der Waals surface area contributed by atoms with Gasteiger partial charge in [-0.05, 0) is 36.1 Å². The van der Waals surface area contributed by atoms with Gasteiger partial charge in [-0.3, -0.25) is 0 Å². The first kappa shape index (κ1) is 13.4. The summed E-state index contributed by atoms with van der Waals surface area (Å²) in [6.45, 7) is 4.30. The largest absolute Gasteiger partial charge is 0.478 e. The van der Waals surface area contributed by atoms with Crippen molar-refractivity contribution >= 4 is 5.65 Å². The van der Waals surface area contributed by atoms with Crippen LogP contribution in [0.5, 0.6) is 5.75 Å². The molecule has 3 heteroatoms. The van der Waals surface area contributed by atoms with E-state index in [1.807, 2.05) is 0 Å². The van der Waals surface area contributed by atoms with Crippen LogP contribution in [0.1, 0.15) is 35.0 Å². The van der Waals surface area contributed by atoms with Crippen molar-refractivity contribution in [2.75, 3.05) is 0 Å². The van der Waals surface area contributed by atoms with Crippen LogP contribution in [0.15, 0.2) is 42.6 Å². The highest BCUT2D eigenvalue weighted by molar-refractivity contribution is 5.51. The van der Waals surface area contributed by atoms with Gasteiger partial charge in [-0.25, -0.2) is 4.57 Å². The molecule has 1 unspecified atom stereocenters. The van der Waals surface area contributed by atoms with Gasteiger partial charge < -0.3 is 4.74 Å². The van der Waals surface area contributed by atoms with Crippen LogP contribution in [0.3, 0.4) is 0 Å². The molecular formula is C19H21N2O+. The molecule has 0 saturated heterocycles. The fourth-order valence-corrected chi connectivity index (χ4v) is 3.54. The van der Waals surface area contributed by atoms with Crippen molar-refractivity contribution in [2.45, 2.75) is 32.8 Å². The van der Waals surface area contributed by atoms with Crippen molar-refractivity contribution in [3.05, 3.63) is 65.1 Å². The van der Waals surface area contributed by atoms with Gasteiger partial charge in [0.05, 0.1) is 13.2 Å². The molecule has 0 bridgehead atoms. The summed E-state index contributed by atoms with van der Waals surface area (Å²) in [6.07, 6.45) is 4.43. The maximum absolute atomic E-state index is 6.42. The quantitative estimate of drug-likeness (QED) is 0.662. The molecule has 0 fully saturated rings. The van der Waals surface area contributed by atoms with E-state index in [1.165, 1.54) is 22.5 Å². The number of ether oxygens (including phenoxy) is 1. The molecule has 1 atom stereocenters. The molecule has 3 aromatic rings. The highest BCUT2D eigenvalue weighted by Gasteiger charge is 2.27. The van der Waals surface area contributed by atoms with Crippen LogP contribution in [0.2, 0.25) is 0 Å². The van der Waals surface area contributed by atoms with Gasteiger partial charge in [0.2, 0.25) is 5.75 Å². The molecule has 2 heterocycles. The number of pyridine rings is 1. The number of nitrogens with zero attached hydrogens (tertiary/aromatic N) is 2. The zero-order chi connectivity index (χ0) is 15.3. The van der Waals surface area contributed by atoms with E-state index in [1.54, 1.807) is 0 Å². The summed E-state index contributed by atoms with van der Waals surface area (Å²) in [7, 11) is 2.10. The van der Waals surface area contributed by atoms with Gasteiger partial charge in [-0.2, -0.15) is 4.40 Å². The molecule has 0 N–H and O–H groups in total. The Balaban J connectivity index is 1.79. The van der Waals surface area contributed by atoms with Crippen LogP contribution in [0.25, 0.3) is 5.65 Å². The smallest absolute Gasteiger partial charge is 0.329 e. The van der Waals surface area contributed by atoms with E-state index in [0.717, 1.165) is 24.2 Å². The zero-order valence-electron chi connectivity index (χ0n) is 13.3. The van der Waals surface area contributed by atoms with Crippen molar-refractivity contribution < 1.29 is 9.30 Å². The van der Waals surface area contributed by atoms with Crippen molar-refractivity contribution in [2.24, 2.45) is 7.05 Å². The molecular weight excluding hydrogens is 272 g/mol. The third kappa shape index (κ3) is 1.85. The number of benzene rings is 1. The fraction of sp³-hybridized carbons (Fsp3) is 0.316. The third-order valence-corrected chi connectivity index (χ3v) is 4.98. The first-order valence-electron chi connectivity index (χ1n) is 7.87. The lowest BCUT2D eigenvalue weighted by molar-refractivity contribution is -0.651. The van der Waals surface area contributed by atoms with Gasteiger partial charge in [-0.1, -0.05) is 24.3 Å². The summed E-state index contributed by atoms with van der Waals surface area (Å²) >= 11 is 0. The molecule has 2 aromatic heterocycles. The molecule has 1 aliphatic carbocycles. The van der Waals surface area contributed by atoms with Crippen molar-refractivity contribution in [1.82, 2.24) is 4.40 Å². The Morgan fingerprint density at radius 1 is 1.14 bits per heavy atom. The first-order valence-corrected chi connectivity index (χ1v) is 7.87. The molecule has 0 spiro atoms. The number of fused-ring (bicyclic) bond motifs is 2. The molecule has 0 aliphatic heterocycles. The Kier molecular flexibility index (Phi) is 2.96. The Bertz CT molecular complexity index is 863. The van der Waals surface area contributed by atoms with Crippen molar-refractivity contribution in [1.29, 1.82) is 0 Å². The van der Waals surface area contributed by atoms with Crippen molar-refractivity contribution in [3.8, 4) is 5.75 Å². The molecule has 0 saturated carbocycles. The molecule has 1 aliphatic rings. The number of hydrogen-bond donors (Lipinski definition) is 0. The summed E-state index contributed by atoms with van der Waals surface area (Å²) in [4.78, 5) is 0. The molecule has 0 amide bonds. The van der Waals surface area contributed by atoms with Gasteiger partial charge in [-0.15, -0.1) is 0 Å². The average molecular weight is 293 g/mol. The van der Waals surface area contributed by atoms with Crippen LogP contribution in [-0.4, -0.2) is 4.40 Å². The summed E-state index contributed by atoms with van der Waals surface area (Å²) in [5.74, 6) is 0.961. The Morgan fingerprint density at radius 3 is 2.82 bits per heavy atom. The van der Waals surface area contributed by atoms with Gasteiger partial charge in [0.15, 0.2) is 0 Å². The van der Waals surface area contributed by atoms with E-state index in [4.69, 9.17) is 4.74 Å². The molecule has 4 rings (SSSR count). The summed E-state index contributed by atoms with van der Waals surface area (Å²) in [5, 5.41) is 0. The second-order valence-electron chi connectivity index (χ2n) is 6.14. The normalized spacial score (nSPS) is 17.0. The molecule has 1 aromatic carbocycles. The van der Waals surface area contributed by atoms with Gasteiger partial charge in [0, 0.05) is 13.8 Å². The van der Waals surface area contributed by atoms with E-state index in [-0.39, 0.29) is 6.10 Å². The van der Waals surface area contributed by atoms with Gasteiger partial charge >= 0.3 is 5.65 Å². The van der Waals surface area contributed by atoms with Crippen molar-refractivity contribution in [3.63, 3.8) is 0 Å². The lowest BCUT2D eigenvalue weighted by Gasteiger charge is -2.14. The molecule has 0 radical (unpaired) electrons. The third-order valence-electron chi connectivity index (χ3n) is 4.98. The second-order valence-corrected chi connectivity index (χ2v) is 6.14. The van der Waals surface area contributed by atoms with Gasteiger partial charge in [0.1, 0.15) is 17.5 Å². The monoisotopic (exact) mass is 293 g/mol. The predicted molar refractivity (Wildman–Crippen MR) is 86.2 cm³/mol. The second kappa shape index (κ2) is 4.87. The summed E-state index contributed by atoms with van der Waals surface area (Å²) < 4.78 is 10.9. The minimum atomic E-state index is 0.165. The molecule has 22 heavy (non-hydrogen) atoms. The molecule has 112 valence electrons. The highest BCUT2D eigenvalue weighted by Crippen LogP contribution is 2.35. The maximum Gasteiger partial charge on any atom is 0.329 e. The van der Waals surface area contributed by atoms with E-state index < -0.39 is 0 Å². The number of rotatable bonds is 2. The fourth-order valence-electron chi connectivity index (χ4n) is 3.54. The summed E-state index contributed by atoms with van der Waals surface area (Å²) in [6, 6.07) is 12.8. The van der Waals surface area contributed by atoms with E-state index >= 15 is 0 Å². The van der Waals surface area contributed by atoms with Crippen LogP contribution >= 0.6 is 0 Å². The van der Waals surface area contributed by atoms with Crippen LogP contribution in [0.4, 0.5) is 0 Å². The molecule has 3 nitrogen and oxygen atoms in total. The lowest BCUT2D eigenvalue weighted by atomic mass is 10.1. The van der Waals surface area contributed by atoms with E-state index in [9.17, 15) is 0 Å². The first-order chi connectivity index (χ1) is 10.7. The van der Waals surface area contributed by atoms with Crippen LogP contribution < -0.4 is 9.30 Å². The minimum Gasteiger partial charge on any atom is -0.478 e. The predicted octanol–water partition coefficient (Wildman–Crippen LogP) is 3.45. The van der Waals surface area contributed by atoms with E-state index in [0.29, 0.717) is 0 Å². The zero-order valence-corrected chi connectivity index (χ0v) is 13.3. The Labute approximate surface area is 130 Å². The van der Waals surface area contributed by atoms with E-state index in [2.05, 4.69) is 72.5 Å².